The number of halogens is 1. The zero-order valence-corrected chi connectivity index (χ0v) is 9.50. The number of rotatable bonds is 4. The monoisotopic (exact) mass is 226 g/mol. The minimum absolute atomic E-state index is 0.331. The van der Waals surface area contributed by atoms with Crippen LogP contribution in [0.4, 0.5) is 0 Å². The third-order valence-corrected chi connectivity index (χ3v) is 2.90. The molecule has 0 aliphatic heterocycles. The van der Waals surface area contributed by atoms with Gasteiger partial charge in [-0.05, 0) is 38.4 Å². The third-order valence-electron chi connectivity index (χ3n) is 2.67. The van der Waals surface area contributed by atoms with Crippen LogP contribution in [0.25, 0.3) is 0 Å². The summed E-state index contributed by atoms with van der Waals surface area (Å²) in [7, 11) is 1.98. The molecule has 82 valence electrons. The summed E-state index contributed by atoms with van der Waals surface area (Å²) >= 11 is 5.73. The number of ether oxygens (including phenoxy) is 1. The third kappa shape index (κ3) is 2.83. The van der Waals surface area contributed by atoms with E-state index in [1.165, 1.54) is 0 Å². The Labute approximate surface area is 94.8 Å². The van der Waals surface area contributed by atoms with Crippen molar-refractivity contribution >= 4 is 11.6 Å². The van der Waals surface area contributed by atoms with Crippen molar-refractivity contribution in [1.82, 2.24) is 10.3 Å². The molecule has 1 fully saturated rings. The lowest BCUT2D eigenvalue weighted by atomic mass is 9.82. The Morgan fingerprint density at radius 3 is 2.93 bits per heavy atom. The van der Waals surface area contributed by atoms with Crippen molar-refractivity contribution in [3.8, 4) is 5.88 Å². The van der Waals surface area contributed by atoms with E-state index in [2.05, 4.69) is 10.3 Å². The van der Waals surface area contributed by atoms with Gasteiger partial charge in [-0.2, -0.15) is 0 Å². The van der Waals surface area contributed by atoms with E-state index >= 15 is 0 Å². The number of nitrogens with zero attached hydrogens (tertiary/aromatic N) is 1. The molecule has 1 aromatic rings. The van der Waals surface area contributed by atoms with Crippen LogP contribution in [-0.4, -0.2) is 24.7 Å². The maximum Gasteiger partial charge on any atom is 0.213 e. The van der Waals surface area contributed by atoms with Gasteiger partial charge in [-0.25, -0.2) is 4.98 Å². The molecule has 1 saturated carbocycles. The summed E-state index contributed by atoms with van der Waals surface area (Å²) < 4.78 is 5.68. The molecular weight excluding hydrogens is 212 g/mol. The molecule has 0 bridgehead atoms. The Kier molecular flexibility index (Phi) is 3.44. The first kappa shape index (κ1) is 10.7. The standard InChI is InChI=1S/C11H15ClN2O/c1-13-6-8-4-10(5-8)15-11-3-2-9(12)7-14-11/h2-3,7-8,10,13H,4-6H2,1H3. The van der Waals surface area contributed by atoms with E-state index in [0.717, 1.165) is 25.3 Å². The van der Waals surface area contributed by atoms with E-state index in [-0.39, 0.29) is 0 Å². The van der Waals surface area contributed by atoms with Crippen LogP contribution in [-0.2, 0) is 0 Å². The predicted molar refractivity (Wildman–Crippen MR) is 60.3 cm³/mol. The van der Waals surface area contributed by atoms with E-state index < -0.39 is 0 Å². The fourth-order valence-electron chi connectivity index (χ4n) is 1.83. The highest BCUT2D eigenvalue weighted by molar-refractivity contribution is 6.30. The smallest absolute Gasteiger partial charge is 0.213 e. The van der Waals surface area contributed by atoms with Crippen molar-refractivity contribution in [2.24, 2.45) is 5.92 Å². The van der Waals surface area contributed by atoms with Crippen LogP contribution in [0.5, 0.6) is 5.88 Å². The molecule has 1 aliphatic carbocycles. The molecule has 2 rings (SSSR count). The first-order valence-electron chi connectivity index (χ1n) is 5.20. The van der Waals surface area contributed by atoms with Gasteiger partial charge in [0, 0.05) is 12.3 Å². The zero-order chi connectivity index (χ0) is 10.7. The molecule has 4 heteroatoms. The van der Waals surface area contributed by atoms with Gasteiger partial charge < -0.3 is 10.1 Å². The molecular formula is C11H15ClN2O. The van der Waals surface area contributed by atoms with Crippen LogP contribution in [0.15, 0.2) is 18.3 Å². The summed E-state index contributed by atoms with van der Waals surface area (Å²) in [5.74, 6) is 1.43. The molecule has 1 aromatic heterocycles. The van der Waals surface area contributed by atoms with Crippen LogP contribution >= 0.6 is 11.6 Å². The average molecular weight is 227 g/mol. The molecule has 0 unspecified atom stereocenters. The summed E-state index contributed by atoms with van der Waals surface area (Å²) in [6.07, 6.45) is 4.17. The van der Waals surface area contributed by atoms with Crippen LogP contribution in [0.2, 0.25) is 5.02 Å². The lowest BCUT2D eigenvalue weighted by Gasteiger charge is -2.34. The van der Waals surface area contributed by atoms with Crippen LogP contribution in [0, 0.1) is 5.92 Å². The second kappa shape index (κ2) is 4.81. The number of pyridine rings is 1. The molecule has 1 aliphatic rings. The quantitative estimate of drug-likeness (QED) is 0.854. The summed E-state index contributed by atoms with van der Waals surface area (Å²) in [5, 5.41) is 3.82. The average Bonchev–Trinajstić information content (AvgIpc) is 2.18. The Morgan fingerprint density at radius 1 is 1.53 bits per heavy atom. The van der Waals surface area contributed by atoms with Gasteiger partial charge >= 0.3 is 0 Å². The summed E-state index contributed by atoms with van der Waals surface area (Å²) in [5.41, 5.74) is 0. The van der Waals surface area contributed by atoms with Gasteiger partial charge in [0.1, 0.15) is 6.10 Å². The van der Waals surface area contributed by atoms with Crippen LogP contribution in [0.1, 0.15) is 12.8 Å². The molecule has 3 nitrogen and oxygen atoms in total. The SMILES string of the molecule is CNCC1CC(Oc2ccc(Cl)cn2)C1. The first-order chi connectivity index (χ1) is 7.28. The summed E-state index contributed by atoms with van der Waals surface area (Å²) in [6.45, 7) is 1.08. The van der Waals surface area contributed by atoms with Gasteiger partial charge in [-0.1, -0.05) is 11.6 Å². The van der Waals surface area contributed by atoms with E-state index in [1.54, 1.807) is 12.3 Å². The van der Waals surface area contributed by atoms with Gasteiger partial charge in [-0.3, -0.25) is 0 Å². The van der Waals surface area contributed by atoms with Crippen molar-refractivity contribution in [3.63, 3.8) is 0 Å². The molecule has 0 amide bonds. The lowest BCUT2D eigenvalue weighted by Crippen LogP contribution is -2.38. The Bertz CT molecular complexity index is 309. The first-order valence-corrected chi connectivity index (χ1v) is 5.58. The highest BCUT2D eigenvalue weighted by Gasteiger charge is 2.30. The van der Waals surface area contributed by atoms with Gasteiger partial charge in [0.15, 0.2) is 0 Å². The van der Waals surface area contributed by atoms with Crippen molar-refractivity contribution < 1.29 is 4.74 Å². The van der Waals surface area contributed by atoms with Crippen molar-refractivity contribution in [2.75, 3.05) is 13.6 Å². The van der Waals surface area contributed by atoms with Gasteiger partial charge in [-0.15, -0.1) is 0 Å². The number of hydrogen-bond donors (Lipinski definition) is 1. The second-order valence-corrected chi connectivity index (χ2v) is 4.39. The molecule has 0 aromatic carbocycles. The Hall–Kier alpha value is -0.800. The summed E-state index contributed by atoms with van der Waals surface area (Å²) in [4.78, 5) is 4.10. The van der Waals surface area contributed by atoms with E-state index in [0.29, 0.717) is 17.0 Å². The van der Waals surface area contributed by atoms with Crippen molar-refractivity contribution in [3.05, 3.63) is 23.4 Å². The maximum atomic E-state index is 5.73. The number of hydrogen-bond acceptors (Lipinski definition) is 3. The largest absolute Gasteiger partial charge is 0.474 e. The lowest BCUT2D eigenvalue weighted by molar-refractivity contribution is 0.0617. The Balaban J connectivity index is 1.77. The molecule has 0 saturated heterocycles. The fraction of sp³-hybridized carbons (Fsp3) is 0.545. The van der Waals surface area contributed by atoms with Crippen molar-refractivity contribution in [2.45, 2.75) is 18.9 Å². The van der Waals surface area contributed by atoms with Gasteiger partial charge in [0.2, 0.25) is 5.88 Å². The van der Waals surface area contributed by atoms with Crippen LogP contribution in [0.3, 0.4) is 0 Å². The number of nitrogens with one attached hydrogen (secondary N) is 1. The molecule has 15 heavy (non-hydrogen) atoms. The molecule has 0 spiro atoms. The van der Waals surface area contributed by atoms with Crippen LogP contribution < -0.4 is 10.1 Å². The minimum Gasteiger partial charge on any atom is -0.474 e. The molecule has 1 N–H and O–H groups in total. The predicted octanol–water partition coefficient (Wildman–Crippen LogP) is 2.11. The second-order valence-electron chi connectivity index (χ2n) is 3.95. The van der Waals surface area contributed by atoms with E-state index in [4.69, 9.17) is 16.3 Å². The number of aromatic nitrogens is 1. The Morgan fingerprint density at radius 2 is 2.33 bits per heavy atom. The van der Waals surface area contributed by atoms with Gasteiger partial charge in [0.05, 0.1) is 5.02 Å². The molecule has 1 heterocycles. The normalized spacial score (nSPS) is 24.7. The minimum atomic E-state index is 0.331. The zero-order valence-electron chi connectivity index (χ0n) is 8.74. The molecule has 0 atom stereocenters. The van der Waals surface area contributed by atoms with Gasteiger partial charge in [0.25, 0.3) is 0 Å². The topological polar surface area (TPSA) is 34.1 Å². The van der Waals surface area contributed by atoms with E-state index in [9.17, 15) is 0 Å². The highest BCUT2D eigenvalue weighted by Crippen LogP contribution is 2.30. The maximum absolute atomic E-state index is 5.73. The highest BCUT2D eigenvalue weighted by atomic mass is 35.5. The molecule has 0 radical (unpaired) electrons. The summed E-state index contributed by atoms with van der Waals surface area (Å²) in [6, 6.07) is 3.61. The van der Waals surface area contributed by atoms with Crippen molar-refractivity contribution in [1.29, 1.82) is 0 Å². The fourth-order valence-corrected chi connectivity index (χ4v) is 1.94. The van der Waals surface area contributed by atoms with E-state index in [1.807, 2.05) is 13.1 Å².